The van der Waals surface area contributed by atoms with Crippen molar-refractivity contribution in [3.8, 4) is 5.75 Å². The third-order valence-electron chi connectivity index (χ3n) is 2.80. The summed E-state index contributed by atoms with van der Waals surface area (Å²) in [6.07, 6.45) is 1.84. The van der Waals surface area contributed by atoms with Crippen LogP contribution in [-0.4, -0.2) is 25.6 Å². The highest BCUT2D eigenvalue weighted by Crippen LogP contribution is 2.21. The second-order valence-corrected chi connectivity index (χ2v) is 3.99. The molecule has 1 aliphatic rings. The van der Waals surface area contributed by atoms with Crippen LogP contribution in [0.1, 0.15) is 12.8 Å². The normalized spacial score (nSPS) is 19.1. The predicted molar refractivity (Wildman–Crippen MR) is 62.6 cm³/mol. The van der Waals surface area contributed by atoms with Crippen LogP contribution < -0.4 is 15.4 Å². The molecule has 92 valence electrons. The molecule has 2 N–H and O–H groups in total. The second kappa shape index (κ2) is 5.14. The number of methoxy groups -OCH3 is 1. The molecule has 1 aliphatic heterocycles. The molecule has 1 aromatic carbocycles. The SMILES string of the molecule is COc1cc(NC(=O)C2CCCN2)ccc1F. The van der Waals surface area contributed by atoms with Gasteiger partial charge in [-0.2, -0.15) is 0 Å². The summed E-state index contributed by atoms with van der Waals surface area (Å²) >= 11 is 0. The van der Waals surface area contributed by atoms with E-state index in [2.05, 4.69) is 10.6 Å². The average molecular weight is 238 g/mol. The number of anilines is 1. The van der Waals surface area contributed by atoms with E-state index in [1.54, 1.807) is 0 Å². The van der Waals surface area contributed by atoms with Crippen LogP contribution in [0.3, 0.4) is 0 Å². The Morgan fingerprint density at radius 3 is 3.06 bits per heavy atom. The molecule has 1 amide bonds. The first-order chi connectivity index (χ1) is 8.20. The lowest BCUT2D eigenvalue weighted by molar-refractivity contribution is -0.117. The molecule has 1 atom stereocenters. The molecule has 5 heteroatoms. The lowest BCUT2D eigenvalue weighted by atomic mass is 10.2. The monoisotopic (exact) mass is 238 g/mol. The van der Waals surface area contributed by atoms with Gasteiger partial charge in [0.2, 0.25) is 5.91 Å². The van der Waals surface area contributed by atoms with Crippen molar-refractivity contribution in [3.05, 3.63) is 24.0 Å². The Morgan fingerprint density at radius 2 is 2.41 bits per heavy atom. The number of hydrogen-bond acceptors (Lipinski definition) is 3. The number of hydrogen-bond donors (Lipinski definition) is 2. The molecule has 2 rings (SSSR count). The van der Waals surface area contributed by atoms with Crippen LogP contribution in [0.25, 0.3) is 0 Å². The first-order valence-corrected chi connectivity index (χ1v) is 5.58. The molecule has 1 heterocycles. The van der Waals surface area contributed by atoms with Crippen molar-refractivity contribution in [2.24, 2.45) is 0 Å². The summed E-state index contributed by atoms with van der Waals surface area (Å²) in [4.78, 5) is 11.8. The van der Waals surface area contributed by atoms with Gasteiger partial charge in [0.1, 0.15) is 0 Å². The molecule has 1 aromatic rings. The fourth-order valence-electron chi connectivity index (χ4n) is 1.88. The van der Waals surface area contributed by atoms with Crippen LogP contribution in [0.4, 0.5) is 10.1 Å². The Labute approximate surface area is 99.2 Å². The number of carbonyl (C=O) groups excluding carboxylic acids is 1. The minimum absolute atomic E-state index is 0.0869. The summed E-state index contributed by atoms with van der Waals surface area (Å²) in [5.41, 5.74) is 0.543. The van der Waals surface area contributed by atoms with Crippen molar-refractivity contribution < 1.29 is 13.9 Å². The molecular weight excluding hydrogens is 223 g/mol. The standard InChI is InChI=1S/C12H15FN2O2/c1-17-11-7-8(4-5-9(11)13)15-12(16)10-3-2-6-14-10/h4-5,7,10,14H,2-3,6H2,1H3,(H,15,16). The van der Waals surface area contributed by atoms with E-state index in [1.165, 1.54) is 25.3 Å². The number of carbonyl (C=O) groups is 1. The van der Waals surface area contributed by atoms with Crippen LogP contribution in [0, 0.1) is 5.82 Å². The van der Waals surface area contributed by atoms with Crippen molar-refractivity contribution in [1.29, 1.82) is 0 Å². The first kappa shape index (κ1) is 11.9. The van der Waals surface area contributed by atoms with E-state index in [0.717, 1.165) is 19.4 Å². The van der Waals surface area contributed by atoms with Crippen molar-refractivity contribution >= 4 is 11.6 Å². The van der Waals surface area contributed by atoms with Gasteiger partial charge in [0.05, 0.1) is 13.2 Å². The summed E-state index contributed by atoms with van der Waals surface area (Å²) < 4.78 is 18.0. The Hall–Kier alpha value is -1.62. The number of nitrogens with one attached hydrogen (secondary N) is 2. The number of rotatable bonds is 3. The highest BCUT2D eigenvalue weighted by molar-refractivity contribution is 5.95. The van der Waals surface area contributed by atoms with Gasteiger partial charge in [0, 0.05) is 11.8 Å². The third kappa shape index (κ3) is 2.74. The first-order valence-electron chi connectivity index (χ1n) is 5.58. The Kier molecular flexibility index (Phi) is 3.58. The Morgan fingerprint density at radius 1 is 1.59 bits per heavy atom. The van der Waals surface area contributed by atoms with Crippen molar-refractivity contribution in [2.45, 2.75) is 18.9 Å². The third-order valence-corrected chi connectivity index (χ3v) is 2.80. The van der Waals surface area contributed by atoms with Gasteiger partial charge in [0.15, 0.2) is 11.6 Å². The van der Waals surface area contributed by atoms with Crippen LogP contribution in [-0.2, 0) is 4.79 Å². The molecule has 17 heavy (non-hydrogen) atoms. The molecule has 1 unspecified atom stereocenters. The fraction of sp³-hybridized carbons (Fsp3) is 0.417. The summed E-state index contributed by atoms with van der Waals surface area (Å²) in [7, 11) is 1.39. The smallest absolute Gasteiger partial charge is 0.241 e. The highest BCUT2D eigenvalue weighted by atomic mass is 19.1. The minimum atomic E-state index is -0.440. The van der Waals surface area contributed by atoms with Crippen LogP contribution >= 0.6 is 0 Å². The average Bonchev–Trinajstić information content (AvgIpc) is 2.85. The van der Waals surface area contributed by atoms with Gasteiger partial charge in [-0.1, -0.05) is 0 Å². The van der Waals surface area contributed by atoms with Gasteiger partial charge < -0.3 is 15.4 Å². The molecular formula is C12H15FN2O2. The number of ether oxygens (including phenoxy) is 1. The maximum Gasteiger partial charge on any atom is 0.241 e. The van der Waals surface area contributed by atoms with E-state index in [4.69, 9.17) is 4.74 Å². The molecule has 0 bridgehead atoms. The summed E-state index contributed by atoms with van der Waals surface area (Å²) in [5, 5.41) is 5.84. The van der Waals surface area contributed by atoms with Crippen molar-refractivity contribution in [1.82, 2.24) is 5.32 Å². The fourth-order valence-corrected chi connectivity index (χ4v) is 1.88. The molecule has 0 spiro atoms. The predicted octanol–water partition coefficient (Wildman–Crippen LogP) is 1.52. The molecule has 1 saturated heterocycles. The lowest BCUT2D eigenvalue weighted by Crippen LogP contribution is -2.35. The summed E-state index contributed by atoms with van der Waals surface area (Å²) in [6.45, 7) is 0.866. The van der Waals surface area contributed by atoms with Crippen LogP contribution in [0.2, 0.25) is 0 Å². The maximum absolute atomic E-state index is 13.2. The highest BCUT2D eigenvalue weighted by Gasteiger charge is 2.22. The lowest BCUT2D eigenvalue weighted by Gasteiger charge is -2.12. The van der Waals surface area contributed by atoms with Crippen molar-refractivity contribution in [2.75, 3.05) is 19.0 Å². The van der Waals surface area contributed by atoms with Gasteiger partial charge >= 0.3 is 0 Å². The Bertz CT molecular complexity index is 417. The van der Waals surface area contributed by atoms with Gasteiger partial charge in [0.25, 0.3) is 0 Å². The zero-order valence-corrected chi connectivity index (χ0v) is 9.63. The largest absolute Gasteiger partial charge is 0.494 e. The maximum atomic E-state index is 13.2. The zero-order chi connectivity index (χ0) is 12.3. The molecule has 1 fully saturated rings. The van der Waals surface area contributed by atoms with Gasteiger partial charge in [-0.3, -0.25) is 4.79 Å². The van der Waals surface area contributed by atoms with E-state index in [9.17, 15) is 9.18 Å². The molecule has 0 aliphatic carbocycles. The molecule has 4 nitrogen and oxygen atoms in total. The van der Waals surface area contributed by atoms with E-state index in [-0.39, 0.29) is 17.7 Å². The topological polar surface area (TPSA) is 50.4 Å². The zero-order valence-electron chi connectivity index (χ0n) is 9.63. The molecule has 0 aromatic heterocycles. The van der Waals surface area contributed by atoms with Gasteiger partial charge in [-0.15, -0.1) is 0 Å². The van der Waals surface area contributed by atoms with E-state index in [1.807, 2.05) is 0 Å². The van der Waals surface area contributed by atoms with Crippen LogP contribution in [0.15, 0.2) is 18.2 Å². The second-order valence-electron chi connectivity index (χ2n) is 3.99. The quantitative estimate of drug-likeness (QED) is 0.839. The van der Waals surface area contributed by atoms with Gasteiger partial charge in [-0.25, -0.2) is 4.39 Å². The minimum Gasteiger partial charge on any atom is -0.494 e. The number of amides is 1. The number of benzene rings is 1. The van der Waals surface area contributed by atoms with Crippen LogP contribution in [0.5, 0.6) is 5.75 Å². The van der Waals surface area contributed by atoms with E-state index < -0.39 is 5.82 Å². The van der Waals surface area contributed by atoms with E-state index in [0.29, 0.717) is 5.69 Å². The Balaban J connectivity index is 2.05. The van der Waals surface area contributed by atoms with Crippen molar-refractivity contribution in [3.63, 3.8) is 0 Å². The van der Waals surface area contributed by atoms with E-state index >= 15 is 0 Å². The molecule has 0 saturated carbocycles. The summed E-state index contributed by atoms with van der Waals surface area (Å²) in [6, 6.07) is 4.12. The van der Waals surface area contributed by atoms with Gasteiger partial charge in [-0.05, 0) is 31.5 Å². The number of halogens is 1. The summed E-state index contributed by atoms with van der Waals surface area (Å²) in [5.74, 6) is -0.400. The molecule has 0 radical (unpaired) electrons.